The Morgan fingerprint density at radius 2 is 1.76 bits per heavy atom. The summed E-state index contributed by atoms with van der Waals surface area (Å²) in [5, 5.41) is 5.24. The van der Waals surface area contributed by atoms with Gasteiger partial charge in [-0.05, 0) is 67.4 Å². The molecule has 1 aliphatic heterocycles. The first-order chi connectivity index (χ1) is 17.1. The van der Waals surface area contributed by atoms with Crippen molar-refractivity contribution in [3.8, 4) is 0 Å². The van der Waals surface area contributed by atoms with Gasteiger partial charge in [0.15, 0.2) is 0 Å². The average molecular weight is 557 g/mol. The van der Waals surface area contributed by atoms with Crippen LogP contribution >= 0.6 is 18.7 Å². The SMILES string of the molecule is CP(C)(=O)Cc1cc(NC(=O)c2cc(F)cc(C(F)(F)F)c2)c2c(c1)C(=O)NC2c1cc(F)ccc1Cl. The van der Waals surface area contributed by atoms with Crippen LogP contribution in [0.15, 0.2) is 48.5 Å². The van der Waals surface area contributed by atoms with Crippen molar-refractivity contribution in [3.63, 3.8) is 0 Å². The molecular weight excluding hydrogens is 538 g/mol. The highest BCUT2D eigenvalue weighted by molar-refractivity contribution is 7.61. The minimum Gasteiger partial charge on any atom is -0.341 e. The second-order valence-corrected chi connectivity index (χ2v) is 13.0. The molecule has 37 heavy (non-hydrogen) atoms. The van der Waals surface area contributed by atoms with Crippen LogP contribution in [0.25, 0.3) is 0 Å². The minimum absolute atomic E-state index is 0.00699. The van der Waals surface area contributed by atoms with E-state index >= 15 is 0 Å². The number of hydrogen-bond donors (Lipinski definition) is 2. The van der Waals surface area contributed by atoms with Gasteiger partial charge >= 0.3 is 6.18 Å². The van der Waals surface area contributed by atoms with Crippen LogP contribution in [0.4, 0.5) is 27.6 Å². The number of halogens is 6. The molecule has 12 heteroatoms. The number of carbonyl (C=O) groups excluding carboxylic acids is 2. The molecule has 0 aliphatic carbocycles. The standard InChI is InChI=1S/C25H19ClF5N2O3P/c1-37(2,36)11-12-5-18-21(22(33-24(18)35)17-10-15(27)3-4-19(17)26)20(6-12)32-23(34)13-7-14(25(29,30)31)9-16(28)8-13/h3-10,22H,11H2,1-2H3,(H,32,34)(H,33,35). The van der Waals surface area contributed by atoms with Gasteiger partial charge in [-0.1, -0.05) is 11.6 Å². The number of nitrogens with one attached hydrogen (secondary N) is 2. The lowest BCUT2D eigenvalue weighted by Gasteiger charge is -2.19. The minimum atomic E-state index is -4.89. The van der Waals surface area contributed by atoms with Gasteiger partial charge in [0.1, 0.15) is 11.6 Å². The van der Waals surface area contributed by atoms with E-state index in [9.17, 15) is 36.1 Å². The lowest BCUT2D eigenvalue weighted by Crippen LogP contribution is -2.21. The highest BCUT2D eigenvalue weighted by atomic mass is 35.5. The second kappa shape index (κ2) is 9.58. The summed E-state index contributed by atoms with van der Waals surface area (Å²) in [6, 6.07) is 6.83. The van der Waals surface area contributed by atoms with Gasteiger partial charge in [0.25, 0.3) is 11.8 Å². The Balaban J connectivity index is 1.85. The quantitative estimate of drug-likeness (QED) is 0.267. The molecule has 4 rings (SSSR count). The van der Waals surface area contributed by atoms with Crippen LogP contribution in [0.1, 0.15) is 49.0 Å². The van der Waals surface area contributed by atoms with Crippen LogP contribution < -0.4 is 10.6 Å². The molecule has 5 nitrogen and oxygen atoms in total. The predicted molar refractivity (Wildman–Crippen MR) is 130 cm³/mol. The van der Waals surface area contributed by atoms with Gasteiger partial charge in [-0.25, -0.2) is 8.78 Å². The summed E-state index contributed by atoms with van der Waals surface area (Å²) in [5.74, 6) is -3.56. The van der Waals surface area contributed by atoms with E-state index in [2.05, 4.69) is 10.6 Å². The maximum absolute atomic E-state index is 14.0. The van der Waals surface area contributed by atoms with E-state index in [1.54, 1.807) is 0 Å². The third-order valence-electron chi connectivity index (χ3n) is 5.62. The lowest BCUT2D eigenvalue weighted by atomic mass is 9.94. The summed E-state index contributed by atoms with van der Waals surface area (Å²) in [4.78, 5) is 25.9. The molecule has 0 bridgehead atoms. The van der Waals surface area contributed by atoms with Crippen molar-refractivity contribution >= 4 is 36.2 Å². The Morgan fingerprint density at radius 1 is 1.05 bits per heavy atom. The molecule has 0 aromatic heterocycles. The summed E-state index contributed by atoms with van der Waals surface area (Å²) in [6.07, 6.45) is -4.84. The van der Waals surface area contributed by atoms with Crippen molar-refractivity contribution in [1.29, 1.82) is 0 Å². The van der Waals surface area contributed by atoms with E-state index in [0.29, 0.717) is 17.7 Å². The predicted octanol–water partition coefficient (Wildman–Crippen LogP) is 6.84. The van der Waals surface area contributed by atoms with Crippen LogP contribution in [0.3, 0.4) is 0 Å². The maximum Gasteiger partial charge on any atom is 0.416 e. The molecule has 0 fully saturated rings. The second-order valence-electron chi connectivity index (χ2n) is 9.09. The fraction of sp³-hybridized carbons (Fsp3) is 0.200. The highest BCUT2D eigenvalue weighted by Crippen LogP contribution is 2.45. The van der Waals surface area contributed by atoms with Gasteiger partial charge < -0.3 is 15.2 Å². The smallest absolute Gasteiger partial charge is 0.341 e. The first kappa shape index (κ1) is 26.8. The van der Waals surface area contributed by atoms with Gasteiger partial charge in [-0.2, -0.15) is 13.2 Å². The first-order valence-corrected chi connectivity index (χ1v) is 13.9. The summed E-state index contributed by atoms with van der Waals surface area (Å²) < 4.78 is 79.9. The van der Waals surface area contributed by atoms with Gasteiger partial charge in [-0.3, -0.25) is 9.59 Å². The molecule has 1 aliphatic rings. The Morgan fingerprint density at radius 3 is 2.41 bits per heavy atom. The van der Waals surface area contributed by atoms with Crippen molar-refractivity contribution in [3.05, 3.63) is 98.6 Å². The maximum atomic E-state index is 14.0. The van der Waals surface area contributed by atoms with Crippen LogP contribution in [0.2, 0.25) is 5.02 Å². The number of carbonyl (C=O) groups is 2. The highest BCUT2D eigenvalue weighted by Gasteiger charge is 2.36. The fourth-order valence-electron chi connectivity index (χ4n) is 4.18. The van der Waals surface area contributed by atoms with E-state index in [4.69, 9.17) is 11.6 Å². The largest absolute Gasteiger partial charge is 0.416 e. The molecule has 1 unspecified atom stereocenters. The van der Waals surface area contributed by atoms with E-state index in [-0.39, 0.29) is 39.6 Å². The molecule has 194 valence electrons. The summed E-state index contributed by atoms with van der Waals surface area (Å²) in [5.41, 5.74) is -1.10. The molecule has 3 aromatic carbocycles. The van der Waals surface area contributed by atoms with Crippen LogP contribution in [0.5, 0.6) is 0 Å². The molecule has 0 radical (unpaired) electrons. The van der Waals surface area contributed by atoms with Crippen molar-refractivity contribution in [2.45, 2.75) is 18.4 Å². The van der Waals surface area contributed by atoms with Crippen molar-refractivity contribution < 1.29 is 36.1 Å². The zero-order valence-corrected chi connectivity index (χ0v) is 21.0. The fourth-order valence-corrected chi connectivity index (χ4v) is 5.46. The van der Waals surface area contributed by atoms with Crippen LogP contribution in [-0.4, -0.2) is 25.1 Å². The molecular formula is C25H19ClF5N2O3P. The Kier molecular flexibility index (Phi) is 6.94. The average Bonchev–Trinajstić information content (AvgIpc) is 3.09. The zero-order valence-electron chi connectivity index (χ0n) is 19.3. The summed E-state index contributed by atoms with van der Waals surface area (Å²) in [7, 11) is -2.65. The molecule has 1 atom stereocenters. The topological polar surface area (TPSA) is 75.3 Å². The number of anilines is 1. The molecule has 1 heterocycles. The molecule has 0 saturated heterocycles. The Labute approximate surface area is 213 Å². The third-order valence-corrected chi connectivity index (χ3v) is 7.09. The summed E-state index contributed by atoms with van der Waals surface area (Å²) >= 11 is 6.25. The van der Waals surface area contributed by atoms with E-state index in [1.165, 1.54) is 31.5 Å². The zero-order chi connectivity index (χ0) is 27.3. The molecule has 2 N–H and O–H groups in total. The Hall–Kier alpha value is -3.23. The van der Waals surface area contributed by atoms with Gasteiger partial charge in [0.2, 0.25) is 0 Å². The number of fused-ring (bicyclic) bond motifs is 1. The summed E-state index contributed by atoms with van der Waals surface area (Å²) in [6.45, 7) is 3.05. The van der Waals surface area contributed by atoms with E-state index in [1.807, 2.05) is 0 Å². The number of rotatable bonds is 5. The van der Waals surface area contributed by atoms with Gasteiger partial charge in [-0.15, -0.1) is 0 Å². The van der Waals surface area contributed by atoms with Crippen molar-refractivity contribution in [1.82, 2.24) is 5.32 Å². The van der Waals surface area contributed by atoms with E-state index < -0.39 is 53.9 Å². The number of hydrogen-bond acceptors (Lipinski definition) is 3. The normalized spacial score (nSPS) is 15.4. The van der Waals surface area contributed by atoms with Crippen LogP contribution in [0, 0.1) is 11.6 Å². The van der Waals surface area contributed by atoms with Crippen molar-refractivity contribution in [2.24, 2.45) is 0 Å². The molecule has 2 amide bonds. The van der Waals surface area contributed by atoms with Gasteiger partial charge in [0, 0.05) is 39.1 Å². The monoisotopic (exact) mass is 556 g/mol. The van der Waals surface area contributed by atoms with Crippen LogP contribution in [-0.2, 0) is 16.9 Å². The number of alkyl halides is 3. The molecule has 0 saturated carbocycles. The Bertz CT molecular complexity index is 1490. The number of amides is 2. The number of benzene rings is 3. The molecule has 0 spiro atoms. The van der Waals surface area contributed by atoms with Crippen molar-refractivity contribution in [2.75, 3.05) is 18.6 Å². The van der Waals surface area contributed by atoms with E-state index in [0.717, 1.165) is 12.1 Å². The lowest BCUT2D eigenvalue weighted by molar-refractivity contribution is -0.137. The third kappa shape index (κ3) is 5.86. The van der Waals surface area contributed by atoms with Gasteiger partial charge in [0.05, 0.1) is 18.7 Å². The first-order valence-electron chi connectivity index (χ1n) is 10.8. The molecule has 3 aromatic rings.